The van der Waals surface area contributed by atoms with Gasteiger partial charge in [-0.1, -0.05) is 27.7 Å². The van der Waals surface area contributed by atoms with E-state index in [1.165, 1.54) is 12.1 Å². The number of nitrogens with zero attached hydrogens (tertiary/aromatic N) is 1. The first-order valence-electron chi connectivity index (χ1n) is 8.72. The second-order valence-corrected chi connectivity index (χ2v) is 7.43. The third-order valence-electron chi connectivity index (χ3n) is 4.71. The van der Waals surface area contributed by atoms with Crippen molar-refractivity contribution in [2.24, 2.45) is 7.05 Å². The highest BCUT2D eigenvalue weighted by atomic mass is 19.1. The maximum Gasteiger partial charge on any atom is 0.212 e. The van der Waals surface area contributed by atoms with Gasteiger partial charge in [-0.2, -0.15) is 0 Å². The van der Waals surface area contributed by atoms with Gasteiger partial charge in [0.2, 0.25) is 5.69 Å². The second-order valence-electron chi connectivity index (χ2n) is 7.43. The standard InChI is InChI=1S/C20H25FN/c1-13-9-14(21)7-8-15(13)18-10-16-17(11-22(18)6)20(4,5)12-19(16,2)3/h7-11H,12H2,1-6H3/q+1/i12D2. The maximum absolute atomic E-state index is 13.5. The SMILES string of the molecule is [2H]C1([2H])C(C)(C)c2cc(-c3ccc(F)cc3C)[n+](C)cc2C1(C)C. The van der Waals surface area contributed by atoms with Crippen molar-refractivity contribution < 1.29 is 11.7 Å². The monoisotopic (exact) mass is 300 g/mol. The van der Waals surface area contributed by atoms with Crippen molar-refractivity contribution in [2.45, 2.75) is 51.8 Å². The highest BCUT2D eigenvalue weighted by molar-refractivity contribution is 5.63. The summed E-state index contributed by atoms with van der Waals surface area (Å²) in [5, 5.41) is 0. The molecule has 3 rings (SSSR count). The van der Waals surface area contributed by atoms with Crippen LogP contribution in [0.4, 0.5) is 4.39 Å². The summed E-state index contributed by atoms with van der Waals surface area (Å²) >= 11 is 0. The molecule has 0 fully saturated rings. The van der Waals surface area contributed by atoms with E-state index in [1.54, 1.807) is 6.07 Å². The molecular formula is C20H25FN+. The summed E-state index contributed by atoms with van der Waals surface area (Å²) in [5.74, 6) is -0.238. The van der Waals surface area contributed by atoms with Gasteiger partial charge in [-0.3, -0.25) is 0 Å². The van der Waals surface area contributed by atoms with Crippen LogP contribution in [0, 0.1) is 12.7 Å². The zero-order valence-corrected chi connectivity index (χ0v) is 14.2. The minimum Gasteiger partial charge on any atom is -0.207 e. The zero-order chi connectivity index (χ0) is 18.1. The maximum atomic E-state index is 13.5. The average Bonchev–Trinajstić information content (AvgIpc) is 2.55. The molecule has 0 saturated carbocycles. The Bertz CT molecular complexity index is 838. The van der Waals surface area contributed by atoms with Crippen LogP contribution >= 0.6 is 0 Å². The first-order chi connectivity index (χ1) is 10.9. The predicted molar refractivity (Wildman–Crippen MR) is 88.4 cm³/mol. The van der Waals surface area contributed by atoms with E-state index in [-0.39, 0.29) is 5.82 Å². The summed E-state index contributed by atoms with van der Waals surface area (Å²) in [6.07, 6.45) is 0.686. The van der Waals surface area contributed by atoms with E-state index in [0.29, 0.717) is 0 Å². The highest BCUT2D eigenvalue weighted by Crippen LogP contribution is 2.49. The smallest absolute Gasteiger partial charge is 0.207 e. The lowest BCUT2D eigenvalue weighted by molar-refractivity contribution is -0.661. The molecule has 0 bridgehead atoms. The van der Waals surface area contributed by atoms with Gasteiger partial charge in [0.1, 0.15) is 12.9 Å². The topological polar surface area (TPSA) is 3.88 Å². The predicted octanol–water partition coefficient (Wildman–Crippen LogP) is 4.58. The van der Waals surface area contributed by atoms with E-state index in [1.807, 2.05) is 52.4 Å². The van der Waals surface area contributed by atoms with Crippen molar-refractivity contribution >= 4 is 0 Å². The molecule has 1 aromatic carbocycles. The molecule has 0 N–H and O–H groups in total. The van der Waals surface area contributed by atoms with Crippen LogP contribution in [0.5, 0.6) is 0 Å². The van der Waals surface area contributed by atoms with Gasteiger partial charge in [0, 0.05) is 19.9 Å². The van der Waals surface area contributed by atoms with Gasteiger partial charge >= 0.3 is 0 Å². The lowest BCUT2D eigenvalue weighted by Gasteiger charge is -2.22. The summed E-state index contributed by atoms with van der Waals surface area (Å²) in [7, 11) is 1.97. The number of aromatic nitrogens is 1. The molecule has 0 unspecified atom stereocenters. The summed E-state index contributed by atoms with van der Waals surface area (Å²) in [4.78, 5) is 0. The van der Waals surface area contributed by atoms with E-state index in [2.05, 4.69) is 6.07 Å². The van der Waals surface area contributed by atoms with Crippen LogP contribution in [-0.2, 0) is 17.9 Å². The Labute approximate surface area is 135 Å². The molecule has 116 valence electrons. The van der Waals surface area contributed by atoms with Gasteiger partial charge in [0.05, 0.1) is 0 Å². The van der Waals surface area contributed by atoms with Crippen molar-refractivity contribution in [1.82, 2.24) is 0 Å². The van der Waals surface area contributed by atoms with E-state index in [0.717, 1.165) is 27.9 Å². The van der Waals surface area contributed by atoms with Crippen LogP contribution < -0.4 is 4.57 Å². The van der Waals surface area contributed by atoms with Crippen LogP contribution in [0.3, 0.4) is 0 Å². The van der Waals surface area contributed by atoms with Gasteiger partial charge in [0.25, 0.3) is 0 Å². The molecule has 22 heavy (non-hydrogen) atoms. The van der Waals surface area contributed by atoms with E-state index < -0.39 is 17.2 Å². The van der Waals surface area contributed by atoms with Gasteiger partial charge in [-0.15, -0.1) is 0 Å². The fourth-order valence-electron chi connectivity index (χ4n) is 3.76. The molecule has 0 spiro atoms. The normalized spacial score (nSPS) is 22.0. The molecule has 1 nitrogen and oxygen atoms in total. The number of fused-ring (bicyclic) bond motifs is 1. The average molecular weight is 300 g/mol. The first-order valence-corrected chi connectivity index (χ1v) is 7.72. The Morgan fingerprint density at radius 3 is 2.36 bits per heavy atom. The van der Waals surface area contributed by atoms with E-state index in [4.69, 9.17) is 2.74 Å². The third kappa shape index (κ3) is 2.25. The van der Waals surface area contributed by atoms with Crippen LogP contribution in [0.25, 0.3) is 11.3 Å². The molecule has 1 heterocycles. The highest BCUT2D eigenvalue weighted by Gasteiger charge is 2.44. The molecule has 2 heteroatoms. The number of pyridine rings is 1. The van der Waals surface area contributed by atoms with Crippen molar-refractivity contribution in [3.05, 3.63) is 53.0 Å². The van der Waals surface area contributed by atoms with Gasteiger partial charge in [-0.25, -0.2) is 8.96 Å². The van der Waals surface area contributed by atoms with E-state index >= 15 is 0 Å². The summed E-state index contributed by atoms with van der Waals surface area (Å²) in [6, 6.07) is 6.90. The Kier molecular flexibility index (Phi) is 2.70. The molecule has 0 atom stereocenters. The number of hydrogen-bond donors (Lipinski definition) is 0. The fourth-order valence-corrected chi connectivity index (χ4v) is 3.76. The lowest BCUT2D eigenvalue weighted by Crippen LogP contribution is -2.33. The molecule has 0 saturated heterocycles. The van der Waals surface area contributed by atoms with Crippen LogP contribution in [-0.4, -0.2) is 0 Å². The quantitative estimate of drug-likeness (QED) is 0.678. The number of rotatable bonds is 1. The minimum atomic E-state index is -1.36. The van der Waals surface area contributed by atoms with Crippen molar-refractivity contribution in [1.29, 1.82) is 0 Å². The van der Waals surface area contributed by atoms with Crippen LogP contribution in [0.15, 0.2) is 30.5 Å². The molecular weight excluding hydrogens is 273 g/mol. The van der Waals surface area contributed by atoms with Crippen LogP contribution in [0.1, 0.15) is 53.5 Å². The van der Waals surface area contributed by atoms with Crippen molar-refractivity contribution in [3.63, 3.8) is 0 Å². The number of aryl methyl sites for hydroxylation is 2. The summed E-state index contributed by atoms with van der Waals surface area (Å²) < 4.78 is 32.9. The van der Waals surface area contributed by atoms with Crippen molar-refractivity contribution in [2.75, 3.05) is 0 Å². The fraction of sp³-hybridized carbons (Fsp3) is 0.450. The lowest BCUT2D eigenvalue weighted by atomic mass is 9.82. The molecule has 1 aromatic heterocycles. The van der Waals surface area contributed by atoms with Crippen molar-refractivity contribution in [3.8, 4) is 11.3 Å². The number of benzene rings is 1. The zero-order valence-electron chi connectivity index (χ0n) is 16.2. The Morgan fingerprint density at radius 1 is 1.09 bits per heavy atom. The minimum absolute atomic E-state index is 0.238. The summed E-state index contributed by atoms with van der Waals surface area (Å²) in [6.45, 7) is 9.80. The second kappa shape index (κ2) is 4.65. The third-order valence-corrected chi connectivity index (χ3v) is 4.71. The molecule has 0 amide bonds. The number of hydrogen-bond acceptors (Lipinski definition) is 0. The molecule has 1 aliphatic rings. The summed E-state index contributed by atoms with van der Waals surface area (Å²) in [5.41, 5.74) is 3.75. The van der Waals surface area contributed by atoms with Gasteiger partial charge in [0.15, 0.2) is 6.20 Å². The molecule has 0 aliphatic heterocycles. The Balaban J connectivity index is 2.30. The molecule has 1 aliphatic carbocycles. The Hall–Kier alpha value is -1.70. The number of halogens is 1. The Morgan fingerprint density at radius 2 is 1.73 bits per heavy atom. The van der Waals surface area contributed by atoms with Crippen LogP contribution in [0.2, 0.25) is 0 Å². The largest absolute Gasteiger partial charge is 0.212 e. The van der Waals surface area contributed by atoms with E-state index in [9.17, 15) is 4.39 Å². The first kappa shape index (κ1) is 12.8. The molecule has 0 radical (unpaired) electrons. The van der Waals surface area contributed by atoms with Gasteiger partial charge in [-0.05, 0) is 53.5 Å². The van der Waals surface area contributed by atoms with Gasteiger partial charge < -0.3 is 0 Å². The molecule has 2 aromatic rings.